The minimum absolute atomic E-state index is 0.552. The standard InChI is InChI=1S/C14H15N3/c15-9-12-5-7-16-10-14(12)17-8-6-11-3-1-2-4-13(11)17/h1-5,7,10H,6,8-9,15H2. The van der Waals surface area contributed by atoms with Gasteiger partial charge in [0.25, 0.3) is 0 Å². The lowest BCUT2D eigenvalue weighted by Crippen LogP contribution is -2.16. The molecule has 0 unspecified atom stereocenters. The molecule has 17 heavy (non-hydrogen) atoms. The SMILES string of the molecule is NCc1ccncc1N1CCc2ccccc21. The normalized spacial score (nSPS) is 13.8. The van der Waals surface area contributed by atoms with Gasteiger partial charge in [-0.25, -0.2) is 0 Å². The van der Waals surface area contributed by atoms with Gasteiger partial charge in [0, 0.05) is 25.0 Å². The number of fused-ring (bicyclic) bond motifs is 1. The summed E-state index contributed by atoms with van der Waals surface area (Å²) in [6.07, 6.45) is 4.80. The number of rotatable bonds is 2. The summed E-state index contributed by atoms with van der Waals surface area (Å²) in [5.74, 6) is 0. The van der Waals surface area contributed by atoms with Gasteiger partial charge >= 0.3 is 0 Å². The second-order valence-electron chi connectivity index (χ2n) is 4.24. The van der Waals surface area contributed by atoms with Crippen molar-refractivity contribution >= 4 is 11.4 Å². The molecule has 0 aliphatic carbocycles. The Morgan fingerprint density at radius 1 is 1.18 bits per heavy atom. The second-order valence-corrected chi connectivity index (χ2v) is 4.24. The quantitative estimate of drug-likeness (QED) is 0.852. The van der Waals surface area contributed by atoms with Crippen molar-refractivity contribution in [2.45, 2.75) is 13.0 Å². The molecule has 3 rings (SSSR count). The Kier molecular flexibility index (Phi) is 2.53. The van der Waals surface area contributed by atoms with Crippen LogP contribution in [-0.4, -0.2) is 11.5 Å². The maximum Gasteiger partial charge on any atom is 0.0642 e. The third-order valence-electron chi connectivity index (χ3n) is 3.29. The Hall–Kier alpha value is -1.87. The van der Waals surface area contributed by atoms with E-state index in [4.69, 9.17) is 5.73 Å². The van der Waals surface area contributed by atoms with Gasteiger partial charge < -0.3 is 10.6 Å². The van der Waals surface area contributed by atoms with E-state index in [1.807, 2.05) is 12.3 Å². The van der Waals surface area contributed by atoms with Crippen LogP contribution in [0, 0.1) is 0 Å². The van der Waals surface area contributed by atoms with E-state index in [2.05, 4.69) is 34.1 Å². The number of aromatic nitrogens is 1. The van der Waals surface area contributed by atoms with Gasteiger partial charge in [0.1, 0.15) is 0 Å². The smallest absolute Gasteiger partial charge is 0.0642 e. The molecule has 0 saturated carbocycles. The van der Waals surface area contributed by atoms with Crippen molar-refractivity contribution in [3.8, 4) is 0 Å². The molecule has 1 aromatic carbocycles. The molecular formula is C14H15N3. The molecule has 1 aromatic heterocycles. The van der Waals surface area contributed by atoms with Gasteiger partial charge in [-0.05, 0) is 29.7 Å². The van der Waals surface area contributed by atoms with Gasteiger partial charge in [0.15, 0.2) is 0 Å². The number of hydrogen-bond donors (Lipinski definition) is 1. The molecule has 0 bridgehead atoms. The van der Waals surface area contributed by atoms with E-state index in [9.17, 15) is 0 Å². The van der Waals surface area contributed by atoms with Crippen molar-refractivity contribution in [2.75, 3.05) is 11.4 Å². The van der Waals surface area contributed by atoms with Gasteiger partial charge in [-0.1, -0.05) is 18.2 Å². The Morgan fingerprint density at radius 3 is 2.94 bits per heavy atom. The average Bonchev–Trinajstić information content (AvgIpc) is 2.82. The minimum atomic E-state index is 0.552. The Bertz CT molecular complexity index is 536. The topological polar surface area (TPSA) is 42.1 Å². The molecule has 0 spiro atoms. The fraction of sp³-hybridized carbons (Fsp3) is 0.214. The number of nitrogens with two attached hydrogens (primary N) is 1. The van der Waals surface area contributed by atoms with E-state index in [-0.39, 0.29) is 0 Å². The van der Waals surface area contributed by atoms with Crippen molar-refractivity contribution in [3.63, 3.8) is 0 Å². The van der Waals surface area contributed by atoms with E-state index in [1.54, 1.807) is 6.20 Å². The number of anilines is 2. The van der Waals surface area contributed by atoms with Crippen LogP contribution in [0.1, 0.15) is 11.1 Å². The van der Waals surface area contributed by atoms with Crippen molar-refractivity contribution in [2.24, 2.45) is 5.73 Å². The average molecular weight is 225 g/mol. The number of pyridine rings is 1. The van der Waals surface area contributed by atoms with E-state index in [0.29, 0.717) is 6.54 Å². The third kappa shape index (κ3) is 1.68. The molecule has 3 nitrogen and oxygen atoms in total. The predicted molar refractivity (Wildman–Crippen MR) is 69.3 cm³/mol. The van der Waals surface area contributed by atoms with Crippen LogP contribution in [0.25, 0.3) is 0 Å². The lowest BCUT2D eigenvalue weighted by molar-refractivity contribution is 0.963. The fourth-order valence-electron chi connectivity index (χ4n) is 2.42. The summed E-state index contributed by atoms with van der Waals surface area (Å²) in [5, 5.41) is 0. The Morgan fingerprint density at radius 2 is 2.06 bits per heavy atom. The minimum Gasteiger partial charge on any atom is -0.339 e. The molecule has 3 heteroatoms. The van der Waals surface area contributed by atoms with Crippen LogP contribution < -0.4 is 10.6 Å². The summed E-state index contributed by atoms with van der Waals surface area (Å²) >= 11 is 0. The molecule has 1 aliphatic rings. The Balaban J connectivity index is 2.07. The van der Waals surface area contributed by atoms with Crippen molar-refractivity contribution in [1.29, 1.82) is 0 Å². The summed E-state index contributed by atoms with van der Waals surface area (Å²) in [4.78, 5) is 6.52. The van der Waals surface area contributed by atoms with E-state index < -0.39 is 0 Å². The zero-order valence-corrected chi connectivity index (χ0v) is 9.63. The highest BCUT2D eigenvalue weighted by Crippen LogP contribution is 2.35. The molecule has 0 amide bonds. The highest BCUT2D eigenvalue weighted by atomic mass is 15.2. The molecule has 86 valence electrons. The third-order valence-corrected chi connectivity index (χ3v) is 3.29. The molecule has 0 radical (unpaired) electrons. The lowest BCUT2D eigenvalue weighted by Gasteiger charge is -2.21. The number of para-hydroxylation sites is 1. The van der Waals surface area contributed by atoms with Gasteiger partial charge in [0.2, 0.25) is 0 Å². The first-order chi connectivity index (χ1) is 8.40. The van der Waals surface area contributed by atoms with Crippen molar-refractivity contribution in [1.82, 2.24) is 4.98 Å². The van der Waals surface area contributed by atoms with E-state index in [0.717, 1.165) is 24.2 Å². The van der Waals surface area contributed by atoms with Crippen LogP contribution in [0.5, 0.6) is 0 Å². The first-order valence-corrected chi connectivity index (χ1v) is 5.88. The van der Waals surface area contributed by atoms with E-state index in [1.165, 1.54) is 11.3 Å². The van der Waals surface area contributed by atoms with Gasteiger partial charge in [-0.2, -0.15) is 0 Å². The molecule has 0 fully saturated rings. The van der Waals surface area contributed by atoms with Crippen LogP contribution in [-0.2, 0) is 13.0 Å². The highest BCUT2D eigenvalue weighted by molar-refractivity contribution is 5.71. The van der Waals surface area contributed by atoms with Crippen LogP contribution in [0.2, 0.25) is 0 Å². The molecule has 0 atom stereocenters. The molecule has 0 saturated heterocycles. The molecule has 2 N–H and O–H groups in total. The number of benzene rings is 1. The summed E-state index contributed by atoms with van der Waals surface area (Å²) < 4.78 is 0. The number of hydrogen-bond acceptors (Lipinski definition) is 3. The van der Waals surface area contributed by atoms with Gasteiger partial charge in [-0.15, -0.1) is 0 Å². The summed E-state index contributed by atoms with van der Waals surface area (Å²) in [6.45, 7) is 1.56. The highest BCUT2D eigenvalue weighted by Gasteiger charge is 2.21. The zero-order chi connectivity index (χ0) is 11.7. The van der Waals surface area contributed by atoms with E-state index >= 15 is 0 Å². The van der Waals surface area contributed by atoms with Crippen molar-refractivity contribution in [3.05, 3.63) is 53.9 Å². The second kappa shape index (κ2) is 4.18. The Labute approximate surface area is 101 Å². The monoisotopic (exact) mass is 225 g/mol. The van der Waals surface area contributed by atoms with Gasteiger partial charge in [-0.3, -0.25) is 4.98 Å². The first kappa shape index (κ1) is 10.3. The first-order valence-electron chi connectivity index (χ1n) is 5.88. The molecular weight excluding hydrogens is 210 g/mol. The number of nitrogens with zero attached hydrogens (tertiary/aromatic N) is 2. The van der Waals surface area contributed by atoms with Crippen LogP contribution in [0.3, 0.4) is 0 Å². The molecule has 2 aromatic rings. The summed E-state index contributed by atoms with van der Waals surface area (Å²) in [7, 11) is 0. The van der Waals surface area contributed by atoms with Crippen LogP contribution >= 0.6 is 0 Å². The summed E-state index contributed by atoms with van der Waals surface area (Å²) in [5.41, 5.74) is 10.8. The van der Waals surface area contributed by atoms with Crippen molar-refractivity contribution < 1.29 is 0 Å². The van der Waals surface area contributed by atoms with Crippen LogP contribution in [0.4, 0.5) is 11.4 Å². The lowest BCUT2D eigenvalue weighted by atomic mass is 10.1. The van der Waals surface area contributed by atoms with Gasteiger partial charge in [0.05, 0.1) is 11.9 Å². The maximum absolute atomic E-state index is 5.78. The fourth-order valence-corrected chi connectivity index (χ4v) is 2.42. The largest absolute Gasteiger partial charge is 0.339 e. The molecule has 2 heterocycles. The predicted octanol–water partition coefficient (Wildman–Crippen LogP) is 2.23. The molecule has 1 aliphatic heterocycles. The zero-order valence-electron chi connectivity index (χ0n) is 9.63. The van der Waals surface area contributed by atoms with Crippen LogP contribution in [0.15, 0.2) is 42.7 Å². The summed E-state index contributed by atoms with van der Waals surface area (Å²) in [6, 6.07) is 10.5. The maximum atomic E-state index is 5.78.